The fourth-order valence-corrected chi connectivity index (χ4v) is 2.47. The molecule has 98 valence electrons. The second-order valence-corrected chi connectivity index (χ2v) is 5.06. The molecule has 2 rings (SSSR count). The van der Waals surface area contributed by atoms with E-state index in [0.29, 0.717) is 19.0 Å². The summed E-state index contributed by atoms with van der Waals surface area (Å²) < 4.78 is 0. The standard InChI is InChI=1S/C15H22N2O/c1-3-11(2)12-4-5-14-13(10-12)6-8-17(9-7-16)15(14)18/h4-5,10-11H,3,6-9,16H2,1-2H3. The van der Waals surface area contributed by atoms with Crippen molar-refractivity contribution in [3.63, 3.8) is 0 Å². The largest absolute Gasteiger partial charge is 0.337 e. The van der Waals surface area contributed by atoms with Crippen molar-refractivity contribution in [3.05, 3.63) is 34.9 Å². The molecule has 0 radical (unpaired) electrons. The van der Waals surface area contributed by atoms with E-state index >= 15 is 0 Å². The van der Waals surface area contributed by atoms with Crippen LogP contribution in [-0.4, -0.2) is 30.4 Å². The molecule has 0 aliphatic carbocycles. The average Bonchev–Trinajstić information content (AvgIpc) is 2.41. The van der Waals surface area contributed by atoms with Crippen LogP contribution in [0, 0.1) is 0 Å². The lowest BCUT2D eigenvalue weighted by Gasteiger charge is -2.28. The van der Waals surface area contributed by atoms with E-state index in [0.717, 1.165) is 24.9 Å². The first-order chi connectivity index (χ1) is 8.67. The summed E-state index contributed by atoms with van der Waals surface area (Å²) in [6.45, 7) is 6.41. The SMILES string of the molecule is CCC(C)c1ccc2c(c1)CCN(CCN)C2=O. The molecule has 3 heteroatoms. The predicted octanol–water partition coefficient (Wildman–Crippen LogP) is 2.16. The third kappa shape index (κ3) is 2.41. The van der Waals surface area contributed by atoms with Crippen molar-refractivity contribution in [2.24, 2.45) is 5.73 Å². The molecule has 0 spiro atoms. The molecule has 0 bridgehead atoms. The predicted molar refractivity (Wildman–Crippen MR) is 73.8 cm³/mol. The highest BCUT2D eigenvalue weighted by molar-refractivity contribution is 5.96. The van der Waals surface area contributed by atoms with Crippen LogP contribution in [0.25, 0.3) is 0 Å². The highest BCUT2D eigenvalue weighted by Gasteiger charge is 2.23. The number of benzene rings is 1. The summed E-state index contributed by atoms with van der Waals surface area (Å²) in [5, 5.41) is 0. The molecule has 18 heavy (non-hydrogen) atoms. The van der Waals surface area contributed by atoms with Crippen LogP contribution in [0.5, 0.6) is 0 Å². The molecule has 0 fully saturated rings. The second kappa shape index (κ2) is 5.53. The van der Waals surface area contributed by atoms with E-state index in [1.165, 1.54) is 11.1 Å². The van der Waals surface area contributed by atoms with Crippen LogP contribution in [0.15, 0.2) is 18.2 Å². The molecule has 3 nitrogen and oxygen atoms in total. The smallest absolute Gasteiger partial charge is 0.254 e. The Morgan fingerprint density at radius 2 is 2.22 bits per heavy atom. The summed E-state index contributed by atoms with van der Waals surface area (Å²) in [6, 6.07) is 6.29. The van der Waals surface area contributed by atoms with Crippen LogP contribution in [0.3, 0.4) is 0 Å². The number of amides is 1. The maximum absolute atomic E-state index is 12.2. The van der Waals surface area contributed by atoms with Gasteiger partial charge in [0, 0.05) is 25.2 Å². The van der Waals surface area contributed by atoms with Crippen LogP contribution in [0.2, 0.25) is 0 Å². The lowest BCUT2D eigenvalue weighted by molar-refractivity contribution is 0.0745. The first-order valence-electron chi connectivity index (χ1n) is 6.79. The first kappa shape index (κ1) is 13.1. The Morgan fingerprint density at radius 1 is 1.44 bits per heavy atom. The number of carbonyl (C=O) groups is 1. The Hall–Kier alpha value is -1.35. The molecular formula is C15H22N2O. The molecule has 1 aliphatic rings. The van der Waals surface area contributed by atoms with Crippen LogP contribution >= 0.6 is 0 Å². The lowest BCUT2D eigenvalue weighted by atomic mass is 9.91. The van der Waals surface area contributed by atoms with Gasteiger partial charge in [0.2, 0.25) is 0 Å². The normalized spacial score (nSPS) is 16.6. The zero-order valence-corrected chi connectivity index (χ0v) is 11.3. The second-order valence-electron chi connectivity index (χ2n) is 5.06. The maximum atomic E-state index is 12.2. The van der Waals surface area contributed by atoms with Gasteiger partial charge in [-0.1, -0.05) is 26.0 Å². The van der Waals surface area contributed by atoms with Gasteiger partial charge in [-0.15, -0.1) is 0 Å². The maximum Gasteiger partial charge on any atom is 0.254 e. The van der Waals surface area contributed by atoms with Crippen molar-refractivity contribution < 1.29 is 4.79 Å². The minimum Gasteiger partial charge on any atom is -0.337 e. The third-order valence-electron chi connectivity index (χ3n) is 3.88. The Bertz CT molecular complexity index is 442. The number of nitrogens with two attached hydrogens (primary N) is 1. The summed E-state index contributed by atoms with van der Waals surface area (Å²) in [5.41, 5.74) is 8.94. The average molecular weight is 246 g/mol. The van der Waals surface area contributed by atoms with Crippen LogP contribution in [-0.2, 0) is 6.42 Å². The summed E-state index contributed by atoms with van der Waals surface area (Å²) in [5.74, 6) is 0.699. The van der Waals surface area contributed by atoms with Crippen molar-refractivity contribution in [1.82, 2.24) is 4.90 Å². The van der Waals surface area contributed by atoms with E-state index in [1.54, 1.807) is 0 Å². The Labute approximate surface area is 109 Å². The van der Waals surface area contributed by atoms with Crippen LogP contribution in [0.1, 0.15) is 47.7 Å². The van der Waals surface area contributed by atoms with E-state index in [1.807, 2.05) is 11.0 Å². The van der Waals surface area contributed by atoms with E-state index in [-0.39, 0.29) is 5.91 Å². The van der Waals surface area contributed by atoms with E-state index in [2.05, 4.69) is 26.0 Å². The quantitative estimate of drug-likeness (QED) is 0.885. The lowest BCUT2D eigenvalue weighted by Crippen LogP contribution is -2.40. The van der Waals surface area contributed by atoms with Crippen molar-refractivity contribution in [2.45, 2.75) is 32.6 Å². The molecule has 1 unspecified atom stereocenters. The number of carbonyl (C=O) groups excluding carboxylic acids is 1. The van der Waals surface area contributed by atoms with Gasteiger partial charge in [0.1, 0.15) is 0 Å². The topological polar surface area (TPSA) is 46.3 Å². The summed E-state index contributed by atoms with van der Waals surface area (Å²) in [7, 11) is 0. The molecular weight excluding hydrogens is 224 g/mol. The molecule has 2 N–H and O–H groups in total. The highest BCUT2D eigenvalue weighted by atomic mass is 16.2. The van der Waals surface area contributed by atoms with Crippen molar-refractivity contribution in [2.75, 3.05) is 19.6 Å². The van der Waals surface area contributed by atoms with Gasteiger partial charge in [0.05, 0.1) is 0 Å². The van der Waals surface area contributed by atoms with E-state index < -0.39 is 0 Å². The molecule has 0 aromatic heterocycles. The van der Waals surface area contributed by atoms with Crippen LogP contribution in [0.4, 0.5) is 0 Å². The monoisotopic (exact) mass is 246 g/mol. The Balaban J connectivity index is 2.26. The fourth-order valence-electron chi connectivity index (χ4n) is 2.47. The van der Waals surface area contributed by atoms with Gasteiger partial charge in [-0.05, 0) is 36.0 Å². The number of fused-ring (bicyclic) bond motifs is 1. The zero-order chi connectivity index (χ0) is 13.1. The molecule has 0 saturated heterocycles. The Kier molecular flexibility index (Phi) is 4.02. The molecule has 1 amide bonds. The summed E-state index contributed by atoms with van der Waals surface area (Å²) in [4.78, 5) is 14.1. The van der Waals surface area contributed by atoms with Crippen LogP contribution < -0.4 is 5.73 Å². The minimum absolute atomic E-state index is 0.136. The molecule has 1 aromatic carbocycles. The molecule has 1 aliphatic heterocycles. The summed E-state index contributed by atoms with van der Waals surface area (Å²) >= 11 is 0. The molecule has 1 atom stereocenters. The number of nitrogens with zero attached hydrogens (tertiary/aromatic N) is 1. The van der Waals surface area contributed by atoms with Gasteiger partial charge in [0.25, 0.3) is 5.91 Å². The van der Waals surface area contributed by atoms with Gasteiger partial charge >= 0.3 is 0 Å². The molecule has 1 heterocycles. The molecule has 1 aromatic rings. The van der Waals surface area contributed by atoms with Crippen molar-refractivity contribution in [1.29, 1.82) is 0 Å². The third-order valence-corrected chi connectivity index (χ3v) is 3.88. The highest BCUT2D eigenvalue weighted by Crippen LogP contribution is 2.25. The Morgan fingerprint density at radius 3 is 2.89 bits per heavy atom. The van der Waals surface area contributed by atoms with Gasteiger partial charge in [-0.2, -0.15) is 0 Å². The fraction of sp³-hybridized carbons (Fsp3) is 0.533. The van der Waals surface area contributed by atoms with Crippen molar-refractivity contribution in [3.8, 4) is 0 Å². The van der Waals surface area contributed by atoms with Gasteiger partial charge < -0.3 is 10.6 Å². The van der Waals surface area contributed by atoms with Gasteiger partial charge in [0.15, 0.2) is 0 Å². The minimum atomic E-state index is 0.136. The first-order valence-corrected chi connectivity index (χ1v) is 6.79. The zero-order valence-electron chi connectivity index (χ0n) is 11.3. The summed E-state index contributed by atoms with van der Waals surface area (Å²) in [6.07, 6.45) is 2.08. The van der Waals surface area contributed by atoms with Gasteiger partial charge in [-0.3, -0.25) is 4.79 Å². The van der Waals surface area contributed by atoms with Gasteiger partial charge in [-0.25, -0.2) is 0 Å². The van der Waals surface area contributed by atoms with E-state index in [9.17, 15) is 4.79 Å². The van der Waals surface area contributed by atoms with Crippen molar-refractivity contribution >= 4 is 5.91 Å². The number of hydrogen-bond donors (Lipinski definition) is 1. The number of rotatable bonds is 4. The molecule has 0 saturated carbocycles. The van der Waals surface area contributed by atoms with E-state index in [4.69, 9.17) is 5.73 Å². The number of hydrogen-bond acceptors (Lipinski definition) is 2.